The highest BCUT2D eigenvalue weighted by atomic mass is 35.5. The first-order valence-corrected chi connectivity index (χ1v) is 7.17. The van der Waals surface area contributed by atoms with E-state index in [1.807, 2.05) is 59.3 Å². The van der Waals surface area contributed by atoms with Crippen molar-refractivity contribution in [3.8, 4) is 16.9 Å². The lowest BCUT2D eigenvalue weighted by Crippen LogP contribution is -2.05. The summed E-state index contributed by atoms with van der Waals surface area (Å²) in [5.74, 6) is -0.0859. The maximum absolute atomic E-state index is 11.1. The minimum absolute atomic E-state index is 0.0859. The lowest BCUT2D eigenvalue weighted by molar-refractivity contribution is -0.114. The average Bonchev–Trinajstić information content (AvgIpc) is 2.97. The highest BCUT2D eigenvalue weighted by Crippen LogP contribution is 2.24. The van der Waals surface area contributed by atoms with E-state index in [1.54, 1.807) is 6.33 Å². The fourth-order valence-electron chi connectivity index (χ4n) is 2.24. The number of rotatable bonds is 3. The number of hydrogen-bond acceptors (Lipinski definition) is 2. The predicted octanol–water partition coefficient (Wildman–Crippen LogP) is 4.15. The summed E-state index contributed by atoms with van der Waals surface area (Å²) >= 11 is 5.93. The van der Waals surface area contributed by atoms with Gasteiger partial charge in [-0.05, 0) is 36.4 Å². The van der Waals surface area contributed by atoms with Crippen LogP contribution in [0.25, 0.3) is 16.9 Å². The number of aromatic nitrogens is 2. The fourth-order valence-corrected chi connectivity index (χ4v) is 2.37. The molecule has 1 aromatic heterocycles. The van der Waals surface area contributed by atoms with Crippen molar-refractivity contribution in [1.29, 1.82) is 0 Å². The van der Waals surface area contributed by atoms with Gasteiger partial charge in [0.05, 0.1) is 18.2 Å². The summed E-state index contributed by atoms with van der Waals surface area (Å²) in [5.41, 5.74) is 3.75. The van der Waals surface area contributed by atoms with Crippen LogP contribution in [0.1, 0.15) is 6.92 Å². The molecule has 0 saturated carbocycles. The number of carbonyl (C=O) groups is 1. The Bertz CT molecular complexity index is 792. The van der Waals surface area contributed by atoms with E-state index in [1.165, 1.54) is 6.92 Å². The molecule has 0 unspecified atom stereocenters. The van der Waals surface area contributed by atoms with Crippen molar-refractivity contribution in [3.63, 3.8) is 0 Å². The number of halogens is 1. The molecule has 2 aromatic carbocycles. The molecule has 0 spiro atoms. The van der Waals surface area contributed by atoms with E-state index >= 15 is 0 Å². The minimum Gasteiger partial charge on any atom is -0.326 e. The van der Waals surface area contributed by atoms with Crippen LogP contribution in [0.3, 0.4) is 0 Å². The van der Waals surface area contributed by atoms with Gasteiger partial charge in [0.1, 0.15) is 0 Å². The molecule has 1 N–H and O–H groups in total. The number of imidazole rings is 1. The van der Waals surface area contributed by atoms with Crippen LogP contribution in [0.15, 0.2) is 61.1 Å². The number of carbonyl (C=O) groups excluding carboxylic acids is 1. The van der Waals surface area contributed by atoms with Crippen molar-refractivity contribution in [2.75, 3.05) is 5.32 Å². The molecule has 1 heterocycles. The van der Waals surface area contributed by atoms with Gasteiger partial charge in [-0.2, -0.15) is 0 Å². The molecule has 0 aliphatic heterocycles. The number of hydrogen-bond donors (Lipinski definition) is 1. The Morgan fingerprint density at radius 1 is 1.09 bits per heavy atom. The van der Waals surface area contributed by atoms with E-state index in [0.717, 1.165) is 22.6 Å². The van der Waals surface area contributed by atoms with Crippen molar-refractivity contribution in [1.82, 2.24) is 9.55 Å². The van der Waals surface area contributed by atoms with Crippen LogP contribution < -0.4 is 5.32 Å². The topological polar surface area (TPSA) is 46.9 Å². The molecule has 3 aromatic rings. The molecule has 110 valence electrons. The third-order valence-electron chi connectivity index (χ3n) is 3.24. The number of benzene rings is 2. The molecule has 22 heavy (non-hydrogen) atoms. The maximum Gasteiger partial charge on any atom is 0.221 e. The molecule has 0 radical (unpaired) electrons. The summed E-state index contributed by atoms with van der Waals surface area (Å²) < 4.78 is 1.99. The van der Waals surface area contributed by atoms with E-state index in [2.05, 4.69) is 10.3 Å². The van der Waals surface area contributed by atoms with Gasteiger partial charge in [-0.25, -0.2) is 4.98 Å². The van der Waals surface area contributed by atoms with Crippen LogP contribution in [0, 0.1) is 0 Å². The van der Waals surface area contributed by atoms with E-state index < -0.39 is 0 Å². The van der Waals surface area contributed by atoms with Crippen molar-refractivity contribution in [2.24, 2.45) is 0 Å². The summed E-state index contributed by atoms with van der Waals surface area (Å²) in [7, 11) is 0. The highest BCUT2D eigenvalue weighted by molar-refractivity contribution is 6.30. The van der Waals surface area contributed by atoms with Gasteiger partial charge in [0.2, 0.25) is 5.91 Å². The molecule has 5 heteroatoms. The van der Waals surface area contributed by atoms with E-state index in [-0.39, 0.29) is 5.91 Å². The average molecular weight is 312 g/mol. The first-order valence-electron chi connectivity index (χ1n) is 6.80. The van der Waals surface area contributed by atoms with E-state index in [4.69, 9.17) is 11.6 Å². The Morgan fingerprint density at radius 2 is 1.77 bits per heavy atom. The molecule has 0 aliphatic carbocycles. The smallest absolute Gasteiger partial charge is 0.221 e. The molecule has 3 rings (SSSR count). The Morgan fingerprint density at radius 3 is 2.41 bits per heavy atom. The zero-order valence-electron chi connectivity index (χ0n) is 12.0. The quantitative estimate of drug-likeness (QED) is 0.790. The molecule has 4 nitrogen and oxygen atoms in total. The first kappa shape index (κ1) is 14.4. The molecular weight excluding hydrogens is 298 g/mol. The Balaban J connectivity index is 1.94. The standard InChI is InChI=1S/C17H14ClN3O/c1-12(22)20-15-6-8-16(9-7-15)21-11-19-10-17(21)13-2-4-14(18)5-3-13/h2-11H,1H3,(H,20,22). The number of anilines is 1. The zero-order chi connectivity index (χ0) is 15.5. The van der Waals surface area contributed by atoms with Gasteiger partial charge in [0.25, 0.3) is 0 Å². The van der Waals surface area contributed by atoms with Crippen molar-refractivity contribution < 1.29 is 4.79 Å². The normalized spacial score (nSPS) is 10.5. The largest absolute Gasteiger partial charge is 0.326 e. The van der Waals surface area contributed by atoms with Crippen LogP contribution in [-0.4, -0.2) is 15.5 Å². The summed E-state index contributed by atoms with van der Waals surface area (Å²) in [6.45, 7) is 1.49. The molecule has 0 bridgehead atoms. The summed E-state index contributed by atoms with van der Waals surface area (Å²) in [4.78, 5) is 15.3. The second-order valence-corrected chi connectivity index (χ2v) is 5.32. The van der Waals surface area contributed by atoms with Crippen LogP contribution in [-0.2, 0) is 4.79 Å². The molecule has 0 saturated heterocycles. The van der Waals surface area contributed by atoms with Gasteiger partial charge >= 0.3 is 0 Å². The Labute approximate surface area is 133 Å². The molecule has 0 aliphatic rings. The lowest BCUT2D eigenvalue weighted by Gasteiger charge is -2.09. The lowest BCUT2D eigenvalue weighted by atomic mass is 10.1. The van der Waals surface area contributed by atoms with Crippen molar-refractivity contribution >= 4 is 23.2 Å². The zero-order valence-corrected chi connectivity index (χ0v) is 12.7. The van der Waals surface area contributed by atoms with Gasteiger partial charge in [0, 0.05) is 28.9 Å². The first-order chi connectivity index (χ1) is 10.6. The minimum atomic E-state index is -0.0859. The summed E-state index contributed by atoms with van der Waals surface area (Å²) in [6.07, 6.45) is 3.57. The van der Waals surface area contributed by atoms with Gasteiger partial charge in [-0.3, -0.25) is 9.36 Å². The van der Waals surface area contributed by atoms with Crippen LogP contribution in [0.2, 0.25) is 5.02 Å². The van der Waals surface area contributed by atoms with Crippen LogP contribution in [0.4, 0.5) is 5.69 Å². The molecule has 0 fully saturated rings. The maximum atomic E-state index is 11.1. The molecular formula is C17H14ClN3O. The van der Waals surface area contributed by atoms with Crippen molar-refractivity contribution in [3.05, 3.63) is 66.1 Å². The Hall–Kier alpha value is -2.59. The number of amides is 1. The second kappa shape index (κ2) is 6.03. The highest BCUT2D eigenvalue weighted by Gasteiger charge is 2.07. The van der Waals surface area contributed by atoms with Crippen molar-refractivity contribution in [2.45, 2.75) is 6.92 Å². The van der Waals surface area contributed by atoms with Gasteiger partial charge in [0.15, 0.2) is 0 Å². The third-order valence-corrected chi connectivity index (χ3v) is 3.50. The third kappa shape index (κ3) is 3.02. The van der Waals surface area contributed by atoms with Crippen LogP contribution >= 0.6 is 11.6 Å². The summed E-state index contributed by atoms with van der Waals surface area (Å²) in [5, 5.41) is 3.45. The number of nitrogens with one attached hydrogen (secondary N) is 1. The summed E-state index contributed by atoms with van der Waals surface area (Å²) in [6, 6.07) is 15.2. The van der Waals surface area contributed by atoms with Crippen LogP contribution in [0.5, 0.6) is 0 Å². The van der Waals surface area contributed by atoms with Gasteiger partial charge < -0.3 is 5.32 Å². The number of nitrogens with zero attached hydrogens (tertiary/aromatic N) is 2. The van der Waals surface area contributed by atoms with E-state index in [0.29, 0.717) is 5.02 Å². The molecule has 0 atom stereocenters. The van der Waals surface area contributed by atoms with Gasteiger partial charge in [-0.1, -0.05) is 23.7 Å². The SMILES string of the molecule is CC(=O)Nc1ccc(-n2cncc2-c2ccc(Cl)cc2)cc1. The van der Waals surface area contributed by atoms with E-state index in [9.17, 15) is 4.79 Å². The van der Waals surface area contributed by atoms with Gasteiger partial charge in [-0.15, -0.1) is 0 Å². The predicted molar refractivity (Wildman–Crippen MR) is 88.3 cm³/mol. The fraction of sp³-hybridized carbons (Fsp3) is 0.0588. The Kier molecular flexibility index (Phi) is 3.94. The monoisotopic (exact) mass is 311 g/mol. The molecule has 1 amide bonds. The second-order valence-electron chi connectivity index (χ2n) is 4.88.